The fourth-order valence-corrected chi connectivity index (χ4v) is 2.99. The van der Waals surface area contributed by atoms with E-state index in [0.717, 1.165) is 19.6 Å². The van der Waals surface area contributed by atoms with Crippen LogP contribution in [0.1, 0.15) is 26.7 Å². The predicted octanol–water partition coefficient (Wildman–Crippen LogP) is 4.21. The summed E-state index contributed by atoms with van der Waals surface area (Å²) in [4.78, 5) is 2.40. The molecule has 106 valence electrons. The van der Waals surface area contributed by atoms with Gasteiger partial charge in [0.25, 0.3) is 0 Å². The molecule has 1 aliphatic rings. The Hall–Kier alpha value is -0.440. The summed E-state index contributed by atoms with van der Waals surface area (Å²) in [6.07, 6.45) is 2.38. The molecule has 0 aliphatic carbocycles. The van der Waals surface area contributed by atoms with E-state index in [1.54, 1.807) is 0 Å². The molecule has 0 spiro atoms. The van der Waals surface area contributed by atoms with Crippen molar-refractivity contribution in [2.45, 2.75) is 32.7 Å². The standard InChI is InChI=1S/C15H22Cl2N2/c1-3-7-18-15-6-8-19(10-11(15)2)12-4-5-13(16)14(17)9-12/h4-5,9,11,15,18H,3,6-8,10H2,1-2H3. The Morgan fingerprint density at radius 1 is 1.32 bits per heavy atom. The quantitative estimate of drug-likeness (QED) is 0.896. The molecule has 0 amide bonds. The van der Waals surface area contributed by atoms with Crippen molar-refractivity contribution in [2.24, 2.45) is 5.92 Å². The summed E-state index contributed by atoms with van der Waals surface area (Å²) < 4.78 is 0. The van der Waals surface area contributed by atoms with Gasteiger partial charge < -0.3 is 10.2 Å². The fraction of sp³-hybridized carbons (Fsp3) is 0.600. The molecule has 0 radical (unpaired) electrons. The second-order valence-corrected chi connectivity index (χ2v) is 6.19. The Labute approximate surface area is 126 Å². The first kappa shape index (κ1) is 15.0. The lowest BCUT2D eigenvalue weighted by atomic mass is 9.93. The number of halogens is 2. The summed E-state index contributed by atoms with van der Waals surface area (Å²) in [5.74, 6) is 0.648. The minimum absolute atomic E-state index is 0.623. The highest BCUT2D eigenvalue weighted by molar-refractivity contribution is 6.42. The van der Waals surface area contributed by atoms with Crippen molar-refractivity contribution in [1.82, 2.24) is 5.32 Å². The van der Waals surface area contributed by atoms with Gasteiger partial charge in [-0.25, -0.2) is 0 Å². The van der Waals surface area contributed by atoms with Gasteiger partial charge >= 0.3 is 0 Å². The second-order valence-electron chi connectivity index (χ2n) is 5.37. The molecule has 0 saturated carbocycles. The van der Waals surface area contributed by atoms with Gasteiger partial charge in [0.1, 0.15) is 0 Å². The van der Waals surface area contributed by atoms with E-state index in [1.807, 2.05) is 12.1 Å². The summed E-state index contributed by atoms with van der Waals surface area (Å²) in [6.45, 7) is 7.78. The zero-order chi connectivity index (χ0) is 13.8. The highest BCUT2D eigenvalue weighted by atomic mass is 35.5. The SMILES string of the molecule is CCCNC1CCN(c2ccc(Cl)c(Cl)c2)CC1C. The number of hydrogen-bond acceptors (Lipinski definition) is 2. The molecule has 4 heteroatoms. The van der Waals surface area contributed by atoms with E-state index in [4.69, 9.17) is 23.2 Å². The Balaban J connectivity index is 1.99. The average molecular weight is 301 g/mol. The summed E-state index contributed by atoms with van der Waals surface area (Å²) in [6, 6.07) is 6.54. The van der Waals surface area contributed by atoms with Gasteiger partial charge in [-0.2, -0.15) is 0 Å². The number of anilines is 1. The van der Waals surface area contributed by atoms with E-state index in [-0.39, 0.29) is 0 Å². The van der Waals surface area contributed by atoms with Crippen LogP contribution in [0.3, 0.4) is 0 Å². The normalized spacial score (nSPS) is 23.7. The number of nitrogens with one attached hydrogen (secondary N) is 1. The van der Waals surface area contributed by atoms with Crippen LogP contribution in [0.5, 0.6) is 0 Å². The molecule has 1 aromatic carbocycles. The Morgan fingerprint density at radius 3 is 2.74 bits per heavy atom. The van der Waals surface area contributed by atoms with E-state index in [2.05, 4.69) is 30.1 Å². The fourth-order valence-electron chi connectivity index (χ4n) is 2.69. The molecule has 2 rings (SSSR count). The van der Waals surface area contributed by atoms with E-state index < -0.39 is 0 Å². The largest absolute Gasteiger partial charge is 0.371 e. The third kappa shape index (κ3) is 3.77. The first-order valence-electron chi connectivity index (χ1n) is 7.05. The van der Waals surface area contributed by atoms with Gasteiger partial charge in [-0.3, -0.25) is 0 Å². The van der Waals surface area contributed by atoms with E-state index in [9.17, 15) is 0 Å². The van der Waals surface area contributed by atoms with Crippen LogP contribution in [-0.2, 0) is 0 Å². The number of benzene rings is 1. The van der Waals surface area contributed by atoms with Gasteiger partial charge in [-0.05, 0) is 43.5 Å². The third-order valence-corrected chi connectivity index (χ3v) is 4.57. The first-order chi connectivity index (χ1) is 9.11. The predicted molar refractivity (Wildman–Crippen MR) is 84.5 cm³/mol. The molecule has 0 bridgehead atoms. The molecule has 1 aromatic rings. The molecule has 2 nitrogen and oxygen atoms in total. The maximum atomic E-state index is 6.10. The Bertz CT molecular complexity index is 423. The lowest BCUT2D eigenvalue weighted by Crippen LogP contribution is -2.48. The summed E-state index contributed by atoms with van der Waals surface area (Å²) in [5, 5.41) is 4.90. The van der Waals surface area contributed by atoms with Crippen LogP contribution in [0.25, 0.3) is 0 Å². The lowest BCUT2D eigenvalue weighted by Gasteiger charge is -2.38. The average Bonchev–Trinajstić information content (AvgIpc) is 2.40. The molecule has 2 atom stereocenters. The topological polar surface area (TPSA) is 15.3 Å². The van der Waals surface area contributed by atoms with Crippen molar-refractivity contribution in [1.29, 1.82) is 0 Å². The number of nitrogens with zero attached hydrogens (tertiary/aromatic N) is 1. The third-order valence-electron chi connectivity index (χ3n) is 3.83. The van der Waals surface area contributed by atoms with Crippen molar-refractivity contribution in [2.75, 3.05) is 24.5 Å². The van der Waals surface area contributed by atoms with Crippen molar-refractivity contribution >= 4 is 28.9 Å². The molecule has 1 saturated heterocycles. The molecular formula is C15H22Cl2N2. The van der Waals surface area contributed by atoms with Crippen molar-refractivity contribution < 1.29 is 0 Å². The van der Waals surface area contributed by atoms with Crippen LogP contribution in [-0.4, -0.2) is 25.7 Å². The maximum absolute atomic E-state index is 6.10. The minimum atomic E-state index is 0.623. The van der Waals surface area contributed by atoms with Crippen LogP contribution in [0, 0.1) is 5.92 Å². The van der Waals surface area contributed by atoms with Crippen LogP contribution in [0.2, 0.25) is 10.0 Å². The monoisotopic (exact) mass is 300 g/mol. The van der Waals surface area contributed by atoms with Gasteiger partial charge in [0.15, 0.2) is 0 Å². The molecule has 19 heavy (non-hydrogen) atoms. The Morgan fingerprint density at radius 2 is 2.11 bits per heavy atom. The van der Waals surface area contributed by atoms with Gasteiger partial charge in [-0.1, -0.05) is 37.0 Å². The zero-order valence-corrected chi connectivity index (χ0v) is 13.1. The van der Waals surface area contributed by atoms with Gasteiger partial charge in [0.2, 0.25) is 0 Å². The van der Waals surface area contributed by atoms with Crippen LogP contribution >= 0.6 is 23.2 Å². The van der Waals surface area contributed by atoms with Gasteiger partial charge in [0, 0.05) is 24.8 Å². The lowest BCUT2D eigenvalue weighted by molar-refractivity contribution is 0.322. The van der Waals surface area contributed by atoms with E-state index >= 15 is 0 Å². The minimum Gasteiger partial charge on any atom is -0.371 e. The van der Waals surface area contributed by atoms with Crippen molar-refractivity contribution in [3.8, 4) is 0 Å². The molecular weight excluding hydrogens is 279 g/mol. The maximum Gasteiger partial charge on any atom is 0.0612 e. The molecule has 1 aliphatic heterocycles. The molecule has 0 aromatic heterocycles. The number of rotatable bonds is 4. The van der Waals surface area contributed by atoms with Gasteiger partial charge in [0.05, 0.1) is 10.0 Å². The van der Waals surface area contributed by atoms with Gasteiger partial charge in [-0.15, -0.1) is 0 Å². The summed E-state index contributed by atoms with van der Waals surface area (Å²) >= 11 is 12.1. The van der Waals surface area contributed by atoms with Crippen LogP contribution in [0.4, 0.5) is 5.69 Å². The number of hydrogen-bond donors (Lipinski definition) is 1. The molecule has 1 fully saturated rings. The van der Waals surface area contributed by atoms with Crippen molar-refractivity contribution in [3.63, 3.8) is 0 Å². The van der Waals surface area contributed by atoms with E-state index in [1.165, 1.54) is 18.5 Å². The first-order valence-corrected chi connectivity index (χ1v) is 7.80. The van der Waals surface area contributed by atoms with Crippen molar-refractivity contribution in [3.05, 3.63) is 28.2 Å². The summed E-state index contributed by atoms with van der Waals surface area (Å²) in [7, 11) is 0. The molecule has 1 N–H and O–H groups in total. The summed E-state index contributed by atoms with van der Waals surface area (Å²) in [5.41, 5.74) is 1.18. The smallest absolute Gasteiger partial charge is 0.0612 e. The van der Waals surface area contributed by atoms with Crippen LogP contribution in [0.15, 0.2) is 18.2 Å². The molecule has 2 unspecified atom stereocenters. The molecule has 1 heterocycles. The highest BCUT2D eigenvalue weighted by Crippen LogP contribution is 2.29. The van der Waals surface area contributed by atoms with Crippen LogP contribution < -0.4 is 10.2 Å². The zero-order valence-electron chi connectivity index (χ0n) is 11.6. The Kier molecular flexibility index (Phi) is 5.37. The number of piperidine rings is 1. The van der Waals surface area contributed by atoms with E-state index in [0.29, 0.717) is 22.0 Å². The highest BCUT2D eigenvalue weighted by Gasteiger charge is 2.25. The second kappa shape index (κ2) is 6.83.